The number of aliphatic imine (C=N–C) groups is 1. The number of rotatable bonds is 8. The van der Waals surface area contributed by atoms with E-state index >= 15 is 0 Å². The highest BCUT2D eigenvalue weighted by atomic mass is 16.5. The number of nitrogens with zero attached hydrogens (tertiary/aromatic N) is 3. The molecule has 11 nitrogen and oxygen atoms in total. The maximum Gasteiger partial charge on any atom is 0.256 e. The fourth-order valence-corrected chi connectivity index (χ4v) is 5.98. The number of anilines is 1. The Morgan fingerprint density at radius 2 is 1.61 bits per heavy atom. The number of nitrogens with one attached hydrogen (secondary N) is 1. The number of hydrogen-bond donors (Lipinski definition) is 1. The first-order chi connectivity index (χ1) is 19.9. The number of ether oxygens (including phenoxy) is 4. The molecule has 11 heteroatoms. The van der Waals surface area contributed by atoms with E-state index in [-0.39, 0.29) is 36.5 Å². The minimum Gasteiger partial charge on any atom is -0.493 e. The predicted octanol–water partition coefficient (Wildman–Crippen LogP) is 3.82. The predicted molar refractivity (Wildman–Crippen MR) is 151 cm³/mol. The van der Waals surface area contributed by atoms with Crippen molar-refractivity contribution < 1.29 is 33.3 Å². The van der Waals surface area contributed by atoms with E-state index < -0.39 is 6.04 Å². The van der Waals surface area contributed by atoms with E-state index in [9.17, 15) is 14.4 Å². The number of amides is 3. The van der Waals surface area contributed by atoms with Gasteiger partial charge in [-0.05, 0) is 44.7 Å². The van der Waals surface area contributed by atoms with Crippen LogP contribution in [-0.2, 0) is 4.79 Å². The molecule has 0 bridgehead atoms. The van der Waals surface area contributed by atoms with E-state index in [1.807, 2.05) is 18.0 Å². The summed E-state index contributed by atoms with van der Waals surface area (Å²) in [5.74, 6) is 1.37. The van der Waals surface area contributed by atoms with Gasteiger partial charge in [-0.3, -0.25) is 19.4 Å². The number of fused-ring (bicyclic) bond motifs is 4. The monoisotopic (exact) mass is 562 g/mol. The zero-order chi connectivity index (χ0) is 28.7. The Morgan fingerprint density at radius 1 is 0.902 bits per heavy atom. The fraction of sp³-hybridized carbons (Fsp3) is 0.467. The van der Waals surface area contributed by atoms with Gasteiger partial charge in [0.25, 0.3) is 11.8 Å². The lowest BCUT2D eigenvalue weighted by atomic mass is 10.1. The second-order valence-electron chi connectivity index (χ2n) is 10.8. The van der Waals surface area contributed by atoms with Gasteiger partial charge in [0.15, 0.2) is 23.0 Å². The van der Waals surface area contributed by atoms with E-state index in [0.717, 1.165) is 25.8 Å². The minimum atomic E-state index is -0.450. The third-order valence-electron chi connectivity index (χ3n) is 8.18. The van der Waals surface area contributed by atoms with Gasteiger partial charge in [0.05, 0.1) is 55.5 Å². The molecule has 0 spiro atoms. The highest BCUT2D eigenvalue weighted by molar-refractivity contribution is 6.10. The van der Waals surface area contributed by atoms with E-state index in [0.29, 0.717) is 64.9 Å². The first-order valence-electron chi connectivity index (χ1n) is 14.1. The third-order valence-corrected chi connectivity index (χ3v) is 8.18. The minimum absolute atomic E-state index is 0.0228. The second-order valence-corrected chi connectivity index (χ2v) is 10.8. The van der Waals surface area contributed by atoms with Crippen LogP contribution in [0, 0.1) is 0 Å². The van der Waals surface area contributed by atoms with Gasteiger partial charge in [0.1, 0.15) is 6.04 Å². The van der Waals surface area contributed by atoms with Crippen molar-refractivity contribution in [3.05, 3.63) is 35.4 Å². The molecule has 3 atom stereocenters. The van der Waals surface area contributed by atoms with Crippen LogP contribution in [0.4, 0.5) is 11.4 Å². The maximum atomic E-state index is 13.2. The van der Waals surface area contributed by atoms with Crippen LogP contribution in [0.5, 0.6) is 23.0 Å². The first kappa shape index (κ1) is 26.9. The average molecular weight is 563 g/mol. The molecule has 4 aliphatic heterocycles. The van der Waals surface area contributed by atoms with Crippen LogP contribution in [-0.4, -0.2) is 85.8 Å². The van der Waals surface area contributed by atoms with Crippen molar-refractivity contribution in [2.24, 2.45) is 4.99 Å². The molecule has 41 heavy (non-hydrogen) atoms. The van der Waals surface area contributed by atoms with Gasteiger partial charge in [0, 0.05) is 37.9 Å². The molecule has 1 unspecified atom stereocenters. The normalized spacial score (nSPS) is 21.7. The summed E-state index contributed by atoms with van der Waals surface area (Å²) in [5, 5.41) is 2.88. The standard InChI is InChI=1S/C30H34N4O7/c1-17(41-27-14-21-19(12-24(27)38-2)29(36)33-9-4-6-18(33)16-31-21)8-11-40-26-13-20-22(15-25(26)39-3)32-28(35)23-7-5-10-34(23)30(20)37/h12-18,23H,4-11H2,1-3H3,(H,32,35)/t17?,18-,23+/m0/s1. The molecule has 0 saturated carbocycles. The van der Waals surface area contributed by atoms with Gasteiger partial charge in [0.2, 0.25) is 5.91 Å². The van der Waals surface area contributed by atoms with Crippen molar-refractivity contribution in [3.8, 4) is 23.0 Å². The molecule has 2 fully saturated rings. The molecule has 3 amide bonds. The molecule has 0 aromatic heterocycles. The molecule has 4 aliphatic rings. The number of benzene rings is 2. The van der Waals surface area contributed by atoms with Crippen molar-refractivity contribution in [2.75, 3.05) is 39.2 Å². The smallest absolute Gasteiger partial charge is 0.256 e. The summed E-state index contributed by atoms with van der Waals surface area (Å²) < 4.78 is 23.3. The van der Waals surface area contributed by atoms with Gasteiger partial charge in [-0.2, -0.15) is 0 Å². The van der Waals surface area contributed by atoms with Crippen molar-refractivity contribution in [1.82, 2.24) is 9.80 Å². The summed E-state index contributed by atoms with van der Waals surface area (Å²) in [5.41, 5.74) is 1.88. The molecule has 2 aromatic carbocycles. The summed E-state index contributed by atoms with van der Waals surface area (Å²) in [6.07, 6.45) is 5.42. The molecule has 4 heterocycles. The maximum absolute atomic E-state index is 13.2. The molecule has 0 aliphatic carbocycles. The molecule has 1 N–H and O–H groups in total. The Kier molecular flexibility index (Phi) is 7.19. The number of carbonyl (C=O) groups excluding carboxylic acids is 3. The zero-order valence-corrected chi connectivity index (χ0v) is 23.5. The van der Waals surface area contributed by atoms with Crippen LogP contribution >= 0.6 is 0 Å². The van der Waals surface area contributed by atoms with Gasteiger partial charge in [-0.25, -0.2) is 0 Å². The van der Waals surface area contributed by atoms with Crippen molar-refractivity contribution in [3.63, 3.8) is 0 Å². The lowest BCUT2D eigenvalue weighted by Gasteiger charge is -2.21. The summed E-state index contributed by atoms with van der Waals surface area (Å²) >= 11 is 0. The van der Waals surface area contributed by atoms with Crippen molar-refractivity contribution in [2.45, 2.75) is 57.2 Å². The molecule has 216 valence electrons. The zero-order valence-electron chi connectivity index (χ0n) is 23.5. The van der Waals surface area contributed by atoms with E-state index in [2.05, 4.69) is 10.3 Å². The highest BCUT2D eigenvalue weighted by Crippen LogP contribution is 2.40. The van der Waals surface area contributed by atoms with Crippen LogP contribution < -0.4 is 24.3 Å². The molecule has 0 radical (unpaired) electrons. The lowest BCUT2D eigenvalue weighted by molar-refractivity contribution is -0.119. The number of hydrogen-bond acceptors (Lipinski definition) is 8. The summed E-state index contributed by atoms with van der Waals surface area (Å²) in [4.78, 5) is 47.1. The summed E-state index contributed by atoms with van der Waals surface area (Å²) in [6, 6.07) is 6.30. The van der Waals surface area contributed by atoms with E-state index in [4.69, 9.17) is 18.9 Å². The molecule has 2 saturated heterocycles. The Hall–Kier alpha value is -4.28. The van der Waals surface area contributed by atoms with Gasteiger partial charge < -0.3 is 34.1 Å². The van der Waals surface area contributed by atoms with Gasteiger partial charge in [-0.15, -0.1) is 0 Å². The Balaban J connectivity index is 1.15. The van der Waals surface area contributed by atoms with Crippen LogP contribution in [0.2, 0.25) is 0 Å². The largest absolute Gasteiger partial charge is 0.493 e. The Labute approximate surface area is 238 Å². The molecular weight excluding hydrogens is 528 g/mol. The van der Waals surface area contributed by atoms with Crippen molar-refractivity contribution >= 4 is 35.3 Å². The van der Waals surface area contributed by atoms with Crippen LogP contribution in [0.3, 0.4) is 0 Å². The Morgan fingerprint density at radius 3 is 2.41 bits per heavy atom. The Bertz CT molecular complexity index is 1420. The summed E-state index contributed by atoms with van der Waals surface area (Å²) in [7, 11) is 3.06. The summed E-state index contributed by atoms with van der Waals surface area (Å²) in [6.45, 7) is 3.48. The topological polar surface area (TPSA) is 119 Å². The van der Waals surface area contributed by atoms with Gasteiger partial charge >= 0.3 is 0 Å². The SMILES string of the molecule is COc1cc2c(cc1OCCC(C)Oc1cc3c(cc1OC)C(=O)N1CCC[C@H]1C=N3)C(=O)N1CCC[C@@H]1C(=O)N2. The van der Waals surface area contributed by atoms with Gasteiger partial charge in [-0.1, -0.05) is 0 Å². The first-order valence-corrected chi connectivity index (χ1v) is 14.1. The number of carbonyl (C=O) groups is 3. The van der Waals surface area contributed by atoms with Crippen molar-refractivity contribution in [1.29, 1.82) is 0 Å². The quantitative estimate of drug-likeness (QED) is 0.520. The fourth-order valence-electron chi connectivity index (χ4n) is 5.98. The van der Waals surface area contributed by atoms with Crippen LogP contribution in [0.15, 0.2) is 29.3 Å². The molecular formula is C30H34N4O7. The van der Waals surface area contributed by atoms with Crippen LogP contribution in [0.25, 0.3) is 0 Å². The highest BCUT2D eigenvalue weighted by Gasteiger charge is 2.39. The number of methoxy groups -OCH3 is 2. The molecule has 2 aromatic rings. The third kappa shape index (κ3) is 4.93. The average Bonchev–Trinajstić information content (AvgIpc) is 3.62. The second kappa shape index (κ2) is 10.9. The van der Waals surface area contributed by atoms with E-state index in [1.54, 1.807) is 36.3 Å². The van der Waals surface area contributed by atoms with E-state index in [1.165, 1.54) is 7.11 Å². The lowest BCUT2D eigenvalue weighted by Crippen LogP contribution is -2.40. The molecule has 6 rings (SSSR count). The van der Waals surface area contributed by atoms with Crippen LogP contribution in [0.1, 0.15) is 59.7 Å².